The third-order valence-electron chi connectivity index (χ3n) is 3.33. The molecule has 0 atom stereocenters. The Bertz CT molecular complexity index is 355. The number of ether oxygens (including phenoxy) is 1. The molecule has 2 rings (SSSR count). The number of carbonyl (C=O) groups is 1. The van der Waals surface area contributed by atoms with E-state index in [1.807, 2.05) is 30.3 Å². The molecule has 0 unspecified atom stereocenters. The highest BCUT2D eigenvalue weighted by Crippen LogP contribution is 2.34. The molecular formula is C13H17NO2. The van der Waals surface area contributed by atoms with E-state index < -0.39 is 5.41 Å². The monoisotopic (exact) mass is 219 g/mol. The Hall–Kier alpha value is -1.35. The molecule has 3 nitrogen and oxygen atoms in total. The molecule has 1 heterocycles. The predicted octanol–water partition coefficient (Wildman–Crippen LogP) is 1.48. The molecule has 86 valence electrons. The lowest BCUT2D eigenvalue weighted by atomic mass is 9.73. The number of benzene rings is 1. The number of carbonyl (C=O) groups excluding carboxylic acids is 1. The summed E-state index contributed by atoms with van der Waals surface area (Å²) < 4.78 is 5.36. The average molecular weight is 219 g/mol. The first-order valence-electron chi connectivity index (χ1n) is 5.65. The van der Waals surface area contributed by atoms with E-state index in [2.05, 4.69) is 5.32 Å². The molecule has 1 N–H and O–H groups in total. The van der Waals surface area contributed by atoms with E-state index in [0.29, 0.717) is 13.2 Å². The predicted molar refractivity (Wildman–Crippen MR) is 62.2 cm³/mol. The van der Waals surface area contributed by atoms with Crippen LogP contribution >= 0.6 is 0 Å². The van der Waals surface area contributed by atoms with Crippen molar-refractivity contribution in [1.29, 1.82) is 0 Å². The lowest BCUT2D eigenvalue weighted by Gasteiger charge is -2.35. The first-order valence-corrected chi connectivity index (χ1v) is 5.65. The first-order chi connectivity index (χ1) is 7.79. The third-order valence-corrected chi connectivity index (χ3v) is 3.33. The zero-order valence-electron chi connectivity index (χ0n) is 9.53. The van der Waals surface area contributed by atoms with Gasteiger partial charge in [0.25, 0.3) is 0 Å². The zero-order chi connectivity index (χ0) is 11.4. The molecule has 1 fully saturated rings. The van der Waals surface area contributed by atoms with Gasteiger partial charge in [-0.2, -0.15) is 0 Å². The Morgan fingerprint density at radius 3 is 2.44 bits per heavy atom. The van der Waals surface area contributed by atoms with Crippen LogP contribution in [0.25, 0.3) is 0 Å². The van der Waals surface area contributed by atoms with Gasteiger partial charge in [0.15, 0.2) is 0 Å². The summed E-state index contributed by atoms with van der Waals surface area (Å²) in [5, 5.41) is 2.78. The second-order valence-electron chi connectivity index (χ2n) is 4.14. The van der Waals surface area contributed by atoms with Crippen LogP contribution in [0.3, 0.4) is 0 Å². The normalized spacial score (nSPS) is 19.1. The fourth-order valence-electron chi connectivity index (χ4n) is 2.36. The van der Waals surface area contributed by atoms with Gasteiger partial charge in [0.05, 0.1) is 5.41 Å². The summed E-state index contributed by atoms with van der Waals surface area (Å²) in [6.07, 6.45) is 1.52. The summed E-state index contributed by atoms with van der Waals surface area (Å²) in [4.78, 5) is 12.1. The van der Waals surface area contributed by atoms with Crippen LogP contribution in [0.5, 0.6) is 0 Å². The topological polar surface area (TPSA) is 38.3 Å². The fourth-order valence-corrected chi connectivity index (χ4v) is 2.36. The van der Waals surface area contributed by atoms with Crippen molar-refractivity contribution in [3.63, 3.8) is 0 Å². The number of amides is 1. The molecule has 1 aromatic rings. The Balaban J connectivity index is 2.38. The van der Waals surface area contributed by atoms with Crippen LogP contribution in [0.15, 0.2) is 30.3 Å². The molecule has 1 aromatic carbocycles. The SMILES string of the molecule is CNC(=O)C1(c2ccccc2)CCOCC1. The Kier molecular flexibility index (Phi) is 3.25. The van der Waals surface area contributed by atoms with Crippen LogP contribution in [0.2, 0.25) is 0 Å². The van der Waals surface area contributed by atoms with E-state index in [9.17, 15) is 4.79 Å². The van der Waals surface area contributed by atoms with Crippen molar-refractivity contribution in [3.8, 4) is 0 Å². The van der Waals surface area contributed by atoms with Crippen LogP contribution in [0.1, 0.15) is 18.4 Å². The van der Waals surface area contributed by atoms with E-state index in [4.69, 9.17) is 4.74 Å². The quantitative estimate of drug-likeness (QED) is 0.818. The molecule has 1 aliphatic rings. The summed E-state index contributed by atoms with van der Waals surface area (Å²) in [6, 6.07) is 9.99. The van der Waals surface area contributed by atoms with E-state index >= 15 is 0 Å². The summed E-state index contributed by atoms with van der Waals surface area (Å²) in [7, 11) is 1.70. The molecule has 0 aromatic heterocycles. The van der Waals surface area contributed by atoms with Gasteiger partial charge in [-0.25, -0.2) is 0 Å². The summed E-state index contributed by atoms with van der Waals surface area (Å²) in [6.45, 7) is 1.31. The summed E-state index contributed by atoms with van der Waals surface area (Å²) in [5.41, 5.74) is 0.700. The number of rotatable bonds is 2. The zero-order valence-corrected chi connectivity index (χ0v) is 9.53. The van der Waals surface area contributed by atoms with Gasteiger partial charge in [-0.3, -0.25) is 4.79 Å². The molecule has 0 aliphatic carbocycles. The second-order valence-corrected chi connectivity index (χ2v) is 4.14. The number of nitrogens with one attached hydrogen (secondary N) is 1. The van der Waals surface area contributed by atoms with Crippen molar-refractivity contribution in [3.05, 3.63) is 35.9 Å². The molecule has 1 aliphatic heterocycles. The van der Waals surface area contributed by atoms with Crippen molar-refractivity contribution >= 4 is 5.91 Å². The highest BCUT2D eigenvalue weighted by molar-refractivity contribution is 5.88. The van der Waals surface area contributed by atoms with Crippen LogP contribution in [-0.4, -0.2) is 26.2 Å². The minimum atomic E-state index is -0.395. The highest BCUT2D eigenvalue weighted by Gasteiger charge is 2.40. The molecular weight excluding hydrogens is 202 g/mol. The Morgan fingerprint density at radius 2 is 1.88 bits per heavy atom. The fraction of sp³-hybridized carbons (Fsp3) is 0.462. The summed E-state index contributed by atoms with van der Waals surface area (Å²) >= 11 is 0. The van der Waals surface area contributed by atoms with E-state index in [1.165, 1.54) is 0 Å². The van der Waals surface area contributed by atoms with E-state index in [1.54, 1.807) is 7.05 Å². The van der Waals surface area contributed by atoms with Gasteiger partial charge >= 0.3 is 0 Å². The van der Waals surface area contributed by atoms with Crippen LogP contribution in [0.4, 0.5) is 0 Å². The lowest BCUT2D eigenvalue weighted by molar-refractivity contribution is -0.129. The molecule has 16 heavy (non-hydrogen) atoms. The van der Waals surface area contributed by atoms with Gasteiger partial charge in [-0.05, 0) is 18.4 Å². The van der Waals surface area contributed by atoms with Crippen molar-refractivity contribution in [2.75, 3.05) is 20.3 Å². The molecule has 1 saturated heterocycles. The molecule has 0 spiro atoms. The van der Waals surface area contributed by atoms with Crippen molar-refractivity contribution in [2.45, 2.75) is 18.3 Å². The van der Waals surface area contributed by atoms with Gasteiger partial charge in [-0.1, -0.05) is 30.3 Å². The number of hydrogen-bond acceptors (Lipinski definition) is 2. The van der Waals surface area contributed by atoms with Crippen LogP contribution < -0.4 is 5.32 Å². The van der Waals surface area contributed by atoms with Crippen molar-refractivity contribution in [1.82, 2.24) is 5.32 Å². The minimum absolute atomic E-state index is 0.0991. The number of likely N-dealkylation sites (N-methyl/N-ethyl adjacent to an activating group) is 1. The maximum Gasteiger partial charge on any atom is 0.230 e. The molecule has 3 heteroatoms. The van der Waals surface area contributed by atoms with Gasteiger partial charge in [0, 0.05) is 20.3 Å². The largest absolute Gasteiger partial charge is 0.381 e. The second kappa shape index (κ2) is 4.66. The summed E-state index contributed by atoms with van der Waals surface area (Å²) in [5.74, 6) is 0.0991. The molecule has 0 radical (unpaired) electrons. The van der Waals surface area contributed by atoms with E-state index in [0.717, 1.165) is 18.4 Å². The average Bonchev–Trinajstić information content (AvgIpc) is 2.39. The standard InChI is InChI=1S/C13H17NO2/c1-14-12(15)13(7-9-16-10-8-13)11-5-3-2-4-6-11/h2-6H,7-10H2,1H3,(H,14,15). The maximum absolute atomic E-state index is 12.1. The number of hydrogen-bond donors (Lipinski definition) is 1. The smallest absolute Gasteiger partial charge is 0.230 e. The highest BCUT2D eigenvalue weighted by atomic mass is 16.5. The maximum atomic E-state index is 12.1. The Morgan fingerprint density at radius 1 is 1.25 bits per heavy atom. The van der Waals surface area contributed by atoms with Crippen molar-refractivity contribution < 1.29 is 9.53 Å². The Labute approximate surface area is 95.8 Å². The van der Waals surface area contributed by atoms with Crippen LogP contribution in [0, 0.1) is 0 Å². The molecule has 0 bridgehead atoms. The molecule has 0 saturated carbocycles. The van der Waals surface area contributed by atoms with Gasteiger partial charge in [0.2, 0.25) is 5.91 Å². The lowest BCUT2D eigenvalue weighted by Crippen LogP contribution is -2.46. The van der Waals surface area contributed by atoms with Crippen LogP contribution in [-0.2, 0) is 14.9 Å². The molecule has 1 amide bonds. The van der Waals surface area contributed by atoms with Gasteiger partial charge < -0.3 is 10.1 Å². The van der Waals surface area contributed by atoms with Crippen molar-refractivity contribution in [2.24, 2.45) is 0 Å². The minimum Gasteiger partial charge on any atom is -0.381 e. The van der Waals surface area contributed by atoms with Gasteiger partial charge in [0.1, 0.15) is 0 Å². The van der Waals surface area contributed by atoms with E-state index in [-0.39, 0.29) is 5.91 Å². The van der Waals surface area contributed by atoms with Gasteiger partial charge in [-0.15, -0.1) is 0 Å². The third kappa shape index (κ3) is 1.83. The first kappa shape index (κ1) is 11.1.